The molecule has 0 unspecified atom stereocenters. The smallest absolute Gasteiger partial charge is 0.225 e. The Balaban J connectivity index is 2.00. The first-order chi connectivity index (χ1) is 14.5. The van der Waals surface area contributed by atoms with E-state index in [2.05, 4.69) is 34.6 Å². The van der Waals surface area contributed by atoms with Crippen molar-refractivity contribution in [2.75, 3.05) is 4.90 Å². The van der Waals surface area contributed by atoms with Crippen LogP contribution in [0.4, 0.5) is 5.82 Å². The third-order valence-electron chi connectivity index (χ3n) is 5.51. The molecule has 0 bridgehead atoms. The highest BCUT2D eigenvalue weighted by molar-refractivity contribution is 5.97. The van der Waals surface area contributed by atoms with Crippen molar-refractivity contribution in [1.29, 1.82) is 0 Å². The summed E-state index contributed by atoms with van der Waals surface area (Å²) in [5.41, 5.74) is 3.02. The largest absolute Gasteiger partial charge is 0.454 e. The Kier molecular flexibility index (Phi) is 4.95. The lowest BCUT2D eigenvalue weighted by molar-refractivity contribution is -0.117. The second-order valence-corrected chi connectivity index (χ2v) is 10.3. The third kappa shape index (κ3) is 3.97. The molecule has 4 rings (SSSR count). The number of fused-ring (bicyclic) bond motifs is 2. The molecule has 0 radical (unpaired) electrons. The summed E-state index contributed by atoms with van der Waals surface area (Å²) in [6.07, 6.45) is 2.82. The van der Waals surface area contributed by atoms with Gasteiger partial charge in [-0.2, -0.15) is 0 Å². The van der Waals surface area contributed by atoms with Gasteiger partial charge < -0.3 is 4.42 Å². The fraction of sp³-hybridized carbons (Fsp3) is 0.385. The fourth-order valence-electron chi connectivity index (χ4n) is 4.85. The van der Waals surface area contributed by atoms with Crippen molar-refractivity contribution in [1.82, 2.24) is 9.38 Å². The number of aryl methyl sites for hydroxylation is 1. The number of pyridine rings is 1. The highest BCUT2D eigenvalue weighted by Gasteiger charge is 2.38. The molecule has 5 nitrogen and oxygen atoms in total. The van der Waals surface area contributed by atoms with Gasteiger partial charge in [0.05, 0.1) is 0 Å². The van der Waals surface area contributed by atoms with Crippen molar-refractivity contribution in [2.45, 2.75) is 60.4 Å². The minimum atomic E-state index is -0.425. The number of hydrogen-bond donors (Lipinski definition) is 0. The van der Waals surface area contributed by atoms with Crippen LogP contribution < -0.4 is 4.90 Å². The van der Waals surface area contributed by atoms with E-state index in [-0.39, 0.29) is 11.3 Å². The first kappa shape index (κ1) is 21.2. The van der Waals surface area contributed by atoms with Crippen LogP contribution in [0.5, 0.6) is 0 Å². The standard InChI is InChI=1S/C26H31N3O2/c1-17-12-13-28-22(14-17)27-23(21-15-19-10-8-9-11-20(19)31-21)24(28)29(18(2)30)26(6,7)16-25(3,4)5/h8-15H,16H2,1-7H3. The Hall–Kier alpha value is -3.08. The Morgan fingerprint density at radius 3 is 2.45 bits per heavy atom. The zero-order valence-electron chi connectivity index (χ0n) is 19.5. The van der Waals surface area contributed by atoms with E-state index in [0.29, 0.717) is 11.5 Å². The third-order valence-corrected chi connectivity index (χ3v) is 5.51. The highest BCUT2D eigenvalue weighted by atomic mass is 16.3. The van der Waals surface area contributed by atoms with Gasteiger partial charge in [-0.15, -0.1) is 0 Å². The molecule has 0 atom stereocenters. The maximum atomic E-state index is 13.1. The summed E-state index contributed by atoms with van der Waals surface area (Å²) < 4.78 is 8.19. The zero-order chi connectivity index (χ0) is 22.6. The van der Waals surface area contributed by atoms with Crippen LogP contribution >= 0.6 is 0 Å². The van der Waals surface area contributed by atoms with E-state index in [1.807, 2.05) is 64.9 Å². The normalized spacial score (nSPS) is 12.6. The van der Waals surface area contributed by atoms with Gasteiger partial charge in [-0.05, 0) is 62.4 Å². The Labute approximate surface area is 183 Å². The molecule has 0 saturated heterocycles. The fourth-order valence-corrected chi connectivity index (χ4v) is 4.85. The van der Waals surface area contributed by atoms with Gasteiger partial charge in [0.1, 0.15) is 16.9 Å². The number of hydrogen-bond acceptors (Lipinski definition) is 3. The van der Waals surface area contributed by atoms with Crippen molar-refractivity contribution in [3.05, 3.63) is 54.2 Å². The number of amides is 1. The number of imidazole rings is 1. The summed E-state index contributed by atoms with van der Waals surface area (Å²) in [6.45, 7) is 14.5. The minimum absolute atomic E-state index is 0.0195. The van der Waals surface area contributed by atoms with E-state index in [9.17, 15) is 4.79 Å². The first-order valence-corrected chi connectivity index (χ1v) is 10.7. The minimum Gasteiger partial charge on any atom is -0.454 e. The van der Waals surface area contributed by atoms with Crippen molar-refractivity contribution >= 4 is 28.3 Å². The summed E-state index contributed by atoms with van der Waals surface area (Å²) >= 11 is 0. The molecule has 3 heterocycles. The molecule has 0 aliphatic carbocycles. The molecular formula is C26H31N3O2. The van der Waals surface area contributed by atoms with Crippen LogP contribution in [0.25, 0.3) is 28.1 Å². The number of anilines is 1. The molecule has 3 aromatic heterocycles. The zero-order valence-corrected chi connectivity index (χ0v) is 19.5. The van der Waals surface area contributed by atoms with Gasteiger partial charge in [-0.3, -0.25) is 14.1 Å². The highest BCUT2D eigenvalue weighted by Crippen LogP contribution is 2.41. The van der Waals surface area contributed by atoms with Crippen LogP contribution in [0.3, 0.4) is 0 Å². The second kappa shape index (κ2) is 7.26. The van der Waals surface area contributed by atoms with Crippen LogP contribution in [0.2, 0.25) is 0 Å². The van der Waals surface area contributed by atoms with Gasteiger partial charge in [-0.25, -0.2) is 4.98 Å². The maximum absolute atomic E-state index is 13.1. The molecule has 0 aliphatic rings. The Morgan fingerprint density at radius 1 is 1.10 bits per heavy atom. The molecule has 0 fully saturated rings. The average molecular weight is 418 g/mol. The van der Waals surface area contributed by atoms with Crippen LogP contribution in [0.1, 0.15) is 53.5 Å². The number of rotatable bonds is 4. The quantitative estimate of drug-likeness (QED) is 0.375. The van der Waals surface area contributed by atoms with Crippen LogP contribution in [-0.2, 0) is 4.79 Å². The second-order valence-electron chi connectivity index (χ2n) is 10.3. The SMILES string of the molecule is CC(=O)N(c1c(-c2cc3ccccc3o2)nc2cc(C)ccn12)C(C)(C)CC(C)(C)C. The number of carbonyl (C=O) groups is 1. The molecule has 31 heavy (non-hydrogen) atoms. The first-order valence-electron chi connectivity index (χ1n) is 10.7. The molecule has 1 amide bonds. The van der Waals surface area contributed by atoms with E-state index in [1.165, 1.54) is 0 Å². The summed E-state index contributed by atoms with van der Waals surface area (Å²) in [5, 5.41) is 1.01. The van der Waals surface area contributed by atoms with Crippen molar-refractivity contribution in [2.24, 2.45) is 5.41 Å². The Morgan fingerprint density at radius 2 is 1.81 bits per heavy atom. The van der Waals surface area contributed by atoms with E-state index in [1.54, 1.807) is 6.92 Å². The van der Waals surface area contributed by atoms with Gasteiger partial charge in [0.15, 0.2) is 11.6 Å². The number of para-hydroxylation sites is 1. The van der Waals surface area contributed by atoms with Crippen LogP contribution in [0, 0.1) is 12.3 Å². The van der Waals surface area contributed by atoms with E-state index in [0.717, 1.165) is 34.4 Å². The van der Waals surface area contributed by atoms with Crippen molar-refractivity contribution in [3.63, 3.8) is 0 Å². The number of nitrogens with zero attached hydrogens (tertiary/aromatic N) is 3. The van der Waals surface area contributed by atoms with E-state index in [4.69, 9.17) is 9.40 Å². The molecule has 0 spiro atoms. The average Bonchev–Trinajstić information content (AvgIpc) is 3.20. The van der Waals surface area contributed by atoms with Crippen LogP contribution in [-0.4, -0.2) is 20.8 Å². The molecule has 4 aromatic rings. The predicted octanol–water partition coefficient (Wildman–Crippen LogP) is 6.62. The summed E-state index contributed by atoms with van der Waals surface area (Å²) in [7, 11) is 0. The van der Waals surface area contributed by atoms with Crippen molar-refractivity contribution in [3.8, 4) is 11.5 Å². The number of benzene rings is 1. The lowest BCUT2D eigenvalue weighted by Crippen LogP contribution is -2.50. The van der Waals surface area contributed by atoms with Crippen LogP contribution in [0.15, 0.2) is 53.1 Å². The van der Waals surface area contributed by atoms with E-state index < -0.39 is 5.54 Å². The number of furan rings is 1. The van der Waals surface area contributed by atoms with Gasteiger partial charge in [-0.1, -0.05) is 39.0 Å². The van der Waals surface area contributed by atoms with Crippen molar-refractivity contribution < 1.29 is 9.21 Å². The molecule has 1 aromatic carbocycles. The Bertz CT molecular complexity index is 1240. The maximum Gasteiger partial charge on any atom is 0.225 e. The lowest BCUT2D eigenvalue weighted by Gasteiger charge is -2.41. The van der Waals surface area contributed by atoms with Gasteiger partial charge >= 0.3 is 0 Å². The summed E-state index contributed by atoms with van der Waals surface area (Å²) in [6, 6.07) is 14.0. The van der Waals surface area contributed by atoms with Gasteiger partial charge in [0.25, 0.3) is 0 Å². The molecule has 5 heteroatoms. The molecule has 162 valence electrons. The van der Waals surface area contributed by atoms with E-state index >= 15 is 0 Å². The summed E-state index contributed by atoms with van der Waals surface area (Å²) in [5.74, 6) is 1.39. The van der Waals surface area contributed by atoms with Gasteiger partial charge in [0, 0.05) is 24.0 Å². The number of aromatic nitrogens is 2. The molecule has 0 N–H and O–H groups in total. The summed E-state index contributed by atoms with van der Waals surface area (Å²) in [4.78, 5) is 19.9. The van der Waals surface area contributed by atoms with Gasteiger partial charge in [0.2, 0.25) is 5.91 Å². The molecule has 0 aliphatic heterocycles. The molecule has 0 saturated carbocycles. The predicted molar refractivity (Wildman–Crippen MR) is 126 cm³/mol. The monoisotopic (exact) mass is 417 g/mol. The topological polar surface area (TPSA) is 50.8 Å². The molecular weight excluding hydrogens is 386 g/mol. The number of carbonyl (C=O) groups excluding carboxylic acids is 1. The lowest BCUT2D eigenvalue weighted by atomic mass is 9.80.